The summed E-state index contributed by atoms with van der Waals surface area (Å²) >= 11 is 3.69. The number of rotatable bonds is 7. The van der Waals surface area contributed by atoms with Crippen molar-refractivity contribution >= 4 is 173 Å². The Hall–Kier alpha value is -14.1. The van der Waals surface area contributed by atoms with Gasteiger partial charge in [-0.05, 0) is 153 Å². The Balaban J connectivity index is 0.000000131. The zero-order chi connectivity index (χ0) is 73.6. The molecule has 1 aliphatic rings. The summed E-state index contributed by atoms with van der Waals surface area (Å²) in [5.74, 6) is 0. The van der Waals surface area contributed by atoms with Gasteiger partial charge in [-0.15, -0.1) is 22.7 Å². The Morgan fingerprint density at radius 2 is 0.786 bits per heavy atom. The number of nitrogens with zero attached hydrogens (tertiary/aromatic N) is 6. The molecule has 0 atom stereocenters. The summed E-state index contributed by atoms with van der Waals surface area (Å²) in [7, 11) is 0. The van der Waals surface area contributed by atoms with Crippen molar-refractivity contribution in [1.82, 2.24) is 29.1 Å². The van der Waals surface area contributed by atoms with E-state index in [-0.39, 0.29) is 5.41 Å². The predicted molar refractivity (Wildman–Crippen MR) is 465 cm³/mol. The van der Waals surface area contributed by atoms with Crippen LogP contribution in [0.15, 0.2) is 341 Å². The molecular weight excluding hydrogens is 1410 g/mol. The third kappa shape index (κ3) is 9.23. The van der Waals surface area contributed by atoms with E-state index in [4.69, 9.17) is 33.2 Å². The highest BCUT2D eigenvalue weighted by atomic mass is 32.1. The van der Waals surface area contributed by atoms with Crippen molar-refractivity contribution in [2.75, 3.05) is 0 Å². The first kappa shape index (κ1) is 62.9. The minimum absolute atomic E-state index is 0.0961. The number of furan rings is 3. The highest BCUT2D eigenvalue weighted by Crippen LogP contribution is 2.53. The van der Waals surface area contributed by atoms with E-state index in [1.807, 2.05) is 28.7 Å². The van der Waals surface area contributed by atoms with Crippen LogP contribution in [0.25, 0.3) is 228 Å². The molecule has 524 valence electrons. The van der Waals surface area contributed by atoms with Crippen LogP contribution >= 0.6 is 22.7 Å². The quantitative estimate of drug-likeness (QED) is 0.157. The molecule has 9 heterocycles. The Bertz CT molecular complexity index is 8150. The molecule has 0 aliphatic heterocycles. The topological polar surface area (TPSA) is 101 Å². The molecule has 25 rings (SSSR count). The Kier molecular flexibility index (Phi) is 13.4. The maximum absolute atomic E-state index is 7.00. The van der Waals surface area contributed by atoms with Gasteiger partial charge in [0, 0.05) is 112 Å². The van der Waals surface area contributed by atoms with Gasteiger partial charge in [0.15, 0.2) is 11.2 Å². The van der Waals surface area contributed by atoms with Crippen LogP contribution in [0.2, 0.25) is 0 Å². The van der Waals surface area contributed by atoms with Gasteiger partial charge in [-0.25, -0.2) is 19.9 Å². The number of fused-ring (bicyclic) bond motifs is 25. The highest BCUT2D eigenvalue weighted by Gasteiger charge is 2.36. The zero-order valence-corrected chi connectivity index (χ0v) is 62.0. The van der Waals surface area contributed by atoms with Crippen molar-refractivity contribution in [3.63, 3.8) is 0 Å². The first-order chi connectivity index (χ1) is 55.3. The SMILES string of the molecule is CC1(C)c2ccccc2-c2cc3c4ccccc4n(-c4ccc5oc6c(-c7cccc(-c8cccc9c8sc8ccccc89)c7)ncnc6c5c4)c3cc21.c1ccc(-n2c3ccccc3c3c4oc5c(-c6ccc7oc8c(-c9cccc(-c%10cccc%11c%10sc%10ccccc%10%11)c9)ncnc8c7c6)cccc5c4ccc32)cc1. The van der Waals surface area contributed by atoms with E-state index < -0.39 is 0 Å². The zero-order valence-electron chi connectivity index (χ0n) is 60.4. The summed E-state index contributed by atoms with van der Waals surface area (Å²) in [6.45, 7) is 4.69. The molecule has 0 amide bonds. The summed E-state index contributed by atoms with van der Waals surface area (Å²) in [5.41, 5.74) is 28.7. The van der Waals surface area contributed by atoms with E-state index in [0.29, 0.717) is 11.2 Å². The molecule has 24 aromatic rings. The van der Waals surface area contributed by atoms with Crippen LogP contribution in [0.1, 0.15) is 25.0 Å². The lowest BCUT2D eigenvalue weighted by Gasteiger charge is -2.21. The van der Waals surface area contributed by atoms with Crippen LogP contribution in [0.3, 0.4) is 0 Å². The lowest BCUT2D eigenvalue weighted by molar-refractivity contribution is 0.661. The molecule has 0 spiro atoms. The molecule has 0 unspecified atom stereocenters. The second-order valence-electron chi connectivity index (χ2n) is 29.9. The first-order valence-electron chi connectivity index (χ1n) is 37.8. The van der Waals surface area contributed by atoms with E-state index in [0.717, 1.165) is 133 Å². The van der Waals surface area contributed by atoms with Crippen LogP contribution in [0.4, 0.5) is 0 Å². The minimum atomic E-state index is -0.0961. The van der Waals surface area contributed by atoms with Gasteiger partial charge in [-0.2, -0.15) is 0 Å². The van der Waals surface area contributed by atoms with Gasteiger partial charge in [0.25, 0.3) is 0 Å². The van der Waals surface area contributed by atoms with Crippen LogP contribution < -0.4 is 0 Å². The van der Waals surface area contributed by atoms with Crippen molar-refractivity contribution in [1.29, 1.82) is 0 Å². The van der Waals surface area contributed by atoms with E-state index in [9.17, 15) is 0 Å². The van der Waals surface area contributed by atoms with E-state index in [2.05, 4.69) is 332 Å². The Morgan fingerprint density at radius 3 is 1.46 bits per heavy atom. The lowest BCUT2D eigenvalue weighted by Crippen LogP contribution is -2.14. The van der Waals surface area contributed by atoms with Crippen LogP contribution in [-0.4, -0.2) is 29.1 Å². The molecule has 0 bridgehead atoms. The van der Waals surface area contributed by atoms with E-state index >= 15 is 0 Å². The van der Waals surface area contributed by atoms with Crippen molar-refractivity contribution in [2.45, 2.75) is 19.3 Å². The molecule has 15 aromatic carbocycles. The number of thiophene rings is 2. The fourth-order valence-corrected chi connectivity index (χ4v) is 20.8. The Morgan fingerprint density at radius 1 is 0.277 bits per heavy atom. The molecule has 9 aromatic heterocycles. The van der Waals surface area contributed by atoms with Gasteiger partial charge in [0.05, 0.1) is 27.5 Å². The smallest absolute Gasteiger partial charge is 0.180 e. The van der Waals surface area contributed by atoms with Crippen LogP contribution in [0, 0.1) is 0 Å². The van der Waals surface area contributed by atoms with Crippen molar-refractivity contribution in [3.05, 3.63) is 339 Å². The monoisotopic (exact) mass is 1470 g/mol. The van der Waals surface area contributed by atoms with Crippen molar-refractivity contribution in [3.8, 4) is 78.4 Å². The van der Waals surface area contributed by atoms with Gasteiger partial charge < -0.3 is 22.4 Å². The van der Waals surface area contributed by atoms with Crippen LogP contribution in [-0.2, 0) is 5.41 Å². The highest BCUT2D eigenvalue weighted by molar-refractivity contribution is 7.26. The number of hydrogen-bond acceptors (Lipinski definition) is 9. The normalized spacial score (nSPS) is 12.8. The average Bonchev–Trinajstić information content (AvgIpc) is 1.55. The molecule has 0 saturated heterocycles. The van der Waals surface area contributed by atoms with Crippen LogP contribution in [0.5, 0.6) is 0 Å². The maximum atomic E-state index is 7.00. The van der Waals surface area contributed by atoms with Crippen molar-refractivity contribution in [2.24, 2.45) is 0 Å². The van der Waals surface area contributed by atoms with Gasteiger partial charge >= 0.3 is 0 Å². The fraction of sp³-hybridized carbons (Fsp3) is 0.0297. The van der Waals surface area contributed by atoms with Crippen molar-refractivity contribution < 1.29 is 13.3 Å². The molecule has 0 saturated carbocycles. The number of hydrogen-bond donors (Lipinski definition) is 0. The summed E-state index contributed by atoms with van der Waals surface area (Å²) < 4.78 is 30.1. The molecule has 9 nitrogen and oxygen atoms in total. The third-order valence-corrected chi connectivity index (χ3v) is 25.9. The standard InChI is InChI=1S/C52H29N3O2S.C49H31N3OS/c1-2-13-33(14-3-1)55-42-21-6-4-16-40(42)46-43(55)25-24-38-37-19-9-17-34(49(37)57-50(38)46)31-23-26-44-41(28-31)48-51(56-44)47(53-29-54-48)32-12-8-11-30(27-32)35-18-10-20-39-36-15-5-7-22-45(36)58-52(35)39;1-49(2)39-18-6-3-13-32(39)36-25-37-33-14-4-7-19-41(33)52(42(37)26-40(36)49)30-21-22-43-38(24-30)46-47(53-43)45(50-27-51-46)29-12-9-11-28(23-29)31-16-10-17-35-34-15-5-8-20-44(34)54-48(31)35/h1-29H;3-27H,1-2H3. The summed E-state index contributed by atoms with van der Waals surface area (Å²) in [6, 6.07) is 113. The summed E-state index contributed by atoms with van der Waals surface area (Å²) in [6.07, 6.45) is 3.32. The van der Waals surface area contributed by atoms with Gasteiger partial charge in [0.1, 0.15) is 57.4 Å². The van der Waals surface area contributed by atoms with Gasteiger partial charge in [-0.1, -0.05) is 226 Å². The Labute approximate surface area is 647 Å². The molecule has 11 heteroatoms. The van der Waals surface area contributed by atoms with E-state index in [1.54, 1.807) is 12.7 Å². The maximum Gasteiger partial charge on any atom is 0.180 e. The number of benzene rings is 15. The molecular formula is C101H60N6O3S2. The number of aromatic nitrogens is 6. The first-order valence-corrected chi connectivity index (χ1v) is 39.4. The largest absolute Gasteiger partial charge is 0.455 e. The molecule has 112 heavy (non-hydrogen) atoms. The second kappa shape index (κ2) is 23.9. The summed E-state index contributed by atoms with van der Waals surface area (Å²) in [5, 5.41) is 14.0. The molecule has 0 N–H and O–H groups in total. The fourth-order valence-electron chi connectivity index (χ4n) is 18.3. The number of para-hydroxylation sites is 4. The third-order valence-electron chi connectivity index (χ3n) is 23.4. The average molecular weight is 1470 g/mol. The minimum Gasteiger partial charge on any atom is -0.455 e. The van der Waals surface area contributed by atoms with E-state index in [1.165, 1.54) is 95.5 Å². The second-order valence-corrected chi connectivity index (χ2v) is 32.0. The molecule has 0 fully saturated rings. The van der Waals surface area contributed by atoms with Gasteiger partial charge in [-0.3, -0.25) is 0 Å². The summed E-state index contributed by atoms with van der Waals surface area (Å²) in [4.78, 5) is 19.2. The molecule has 0 radical (unpaired) electrons. The van der Waals surface area contributed by atoms with Gasteiger partial charge in [0.2, 0.25) is 0 Å². The lowest BCUT2D eigenvalue weighted by atomic mass is 9.82. The molecule has 1 aliphatic carbocycles. The predicted octanol–water partition coefficient (Wildman–Crippen LogP) is 28.2.